The number of halogens is 1. The third-order valence-electron chi connectivity index (χ3n) is 3.77. The quantitative estimate of drug-likeness (QED) is 0.152. The molecule has 0 fully saturated rings. The van der Waals surface area contributed by atoms with E-state index in [0.29, 0.717) is 6.42 Å². The van der Waals surface area contributed by atoms with Gasteiger partial charge in [0.05, 0.1) is 6.26 Å². The maximum absolute atomic E-state index is 11.3. The number of hydrogen-bond acceptors (Lipinski definition) is 2. The summed E-state index contributed by atoms with van der Waals surface area (Å²) in [4.78, 5) is 11.3. The number of unbranched alkanes of at least 4 members (excludes halogenated alkanes) is 11. The van der Waals surface area contributed by atoms with Crippen molar-refractivity contribution in [2.24, 2.45) is 0 Å². The molecule has 2 nitrogen and oxygen atoms in total. The van der Waals surface area contributed by atoms with Crippen LogP contribution >= 0.6 is 11.6 Å². The van der Waals surface area contributed by atoms with Crippen LogP contribution in [0.1, 0.15) is 90.4 Å². The van der Waals surface area contributed by atoms with E-state index in [1.807, 2.05) is 0 Å². The minimum Gasteiger partial charge on any atom is -0.434 e. The SMILES string of the molecule is C=COC(=O)C(Cl)CCCCCCCCCCCCCC. The van der Waals surface area contributed by atoms with Gasteiger partial charge < -0.3 is 4.74 Å². The van der Waals surface area contributed by atoms with E-state index in [0.717, 1.165) is 19.1 Å². The Bertz CT molecular complexity index is 254. The summed E-state index contributed by atoms with van der Waals surface area (Å²) in [5.41, 5.74) is 0. The zero-order valence-electron chi connectivity index (χ0n) is 13.7. The predicted molar refractivity (Wildman–Crippen MR) is 91.6 cm³/mol. The van der Waals surface area contributed by atoms with E-state index in [2.05, 4.69) is 18.2 Å². The van der Waals surface area contributed by atoms with Crippen LogP contribution in [0.15, 0.2) is 12.8 Å². The van der Waals surface area contributed by atoms with Gasteiger partial charge in [0.2, 0.25) is 0 Å². The van der Waals surface area contributed by atoms with Crippen molar-refractivity contribution in [2.75, 3.05) is 0 Å². The maximum Gasteiger partial charge on any atom is 0.328 e. The molecular weight excluding hydrogens is 284 g/mol. The van der Waals surface area contributed by atoms with Crippen LogP contribution in [0.25, 0.3) is 0 Å². The molecule has 0 aromatic carbocycles. The van der Waals surface area contributed by atoms with E-state index in [-0.39, 0.29) is 5.97 Å². The zero-order chi connectivity index (χ0) is 15.8. The van der Waals surface area contributed by atoms with E-state index >= 15 is 0 Å². The van der Waals surface area contributed by atoms with Crippen LogP contribution in [-0.4, -0.2) is 11.3 Å². The highest BCUT2D eigenvalue weighted by Gasteiger charge is 2.14. The van der Waals surface area contributed by atoms with E-state index in [4.69, 9.17) is 11.6 Å². The third-order valence-corrected chi connectivity index (χ3v) is 4.16. The van der Waals surface area contributed by atoms with Crippen LogP contribution in [0.5, 0.6) is 0 Å². The van der Waals surface area contributed by atoms with Gasteiger partial charge in [0, 0.05) is 0 Å². The number of carbonyl (C=O) groups is 1. The van der Waals surface area contributed by atoms with E-state index < -0.39 is 5.38 Å². The van der Waals surface area contributed by atoms with Gasteiger partial charge in [-0.3, -0.25) is 4.79 Å². The fourth-order valence-corrected chi connectivity index (χ4v) is 2.64. The fraction of sp³-hybridized carbons (Fsp3) is 0.833. The Labute approximate surface area is 136 Å². The highest BCUT2D eigenvalue weighted by Crippen LogP contribution is 2.15. The number of rotatable bonds is 15. The Balaban J connectivity index is 3.18. The maximum atomic E-state index is 11.3. The summed E-state index contributed by atoms with van der Waals surface area (Å²) in [6.45, 7) is 5.61. The van der Waals surface area contributed by atoms with Crippen molar-refractivity contribution in [2.45, 2.75) is 95.8 Å². The van der Waals surface area contributed by atoms with Gasteiger partial charge in [-0.25, -0.2) is 0 Å². The number of carbonyl (C=O) groups excluding carboxylic acids is 1. The second kappa shape index (κ2) is 15.9. The topological polar surface area (TPSA) is 26.3 Å². The Morgan fingerprint density at radius 3 is 1.81 bits per heavy atom. The third kappa shape index (κ3) is 14.2. The highest BCUT2D eigenvalue weighted by atomic mass is 35.5. The average Bonchev–Trinajstić information content (AvgIpc) is 2.48. The standard InChI is InChI=1S/C18H33ClO2/c1-3-5-6-7-8-9-10-11-12-13-14-15-16-17(19)18(20)21-4-2/h4,17H,2-3,5-16H2,1H3. The molecule has 0 aliphatic rings. The molecule has 0 aromatic heterocycles. The Morgan fingerprint density at radius 1 is 0.952 bits per heavy atom. The molecule has 0 amide bonds. The summed E-state index contributed by atoms with van der Waals surface area (Å²) in [5, 5.41) is -0.522. The van der Waals surface area contributed by atoms with Gasteiger partial charge >= 0.3 is 5.97 Å². The lowest BCUT2D eigenvalue weighted by molar-refractivity contribution is -0.137. The minimum atomic E-state index is -0.522. The largest absolute Gasteiger partial charge is 0.434 e. The normalized spacial score (nSPS) is 12.1. The molecule has 0 heterocycles. The summed E-state index contributed by atoms with van der Waals surface area (Å²) in [6.07, 6.45) is 17.6. The van der Waals surface area contributed by atoms with Crippen LogP contribution in [0.4, 0.5) is 0 Å². The van der Waals surface area contributed by atoms with Crippen molar-refractivity contribution >= 4 is 17.6 Å². The number of ether oxygens (including phenoxy) is 1. The van der Waals surface area contributed by atoms with Gasteiger partial charge in [-0.15, -0.1) is 11.6 Å². The lowest BCUT2D eigenvalue weighted by Crippen LogP contribution is -2.15. The molecule has 0 aliphatic carbocycles. The molecule has 1 unspecified atom stereocenters. The first-order chi connectivity index (χ1) is 10.2. The smallest absolute Gasteiger partial charge is 0.328 e. The molecule has 0 saturated carbocycles. The predicted octanol–water partition coefficient (Wildman–Crippen LogP) is 6.37. The van der Waals surface area contributed by atoms with Crippen molar-refractivity contribution in [3.63, 3.8) is 0 Å². The summed E-state index contributed by atoms with van der Waals surface area (Å²) in [7, 11) is 0. The molecule has 0 aliphatic heterocycles. The van der Waals surface area contributed by atoms with Crippen molar-refractivity contribution in [3.8, 4) is 0 Å². The van der Waals surface area contributed by atoms with E-state index in [1.54, 1.807) is 0 Å². The van der Waals surface area contributed by atoms with Crippen LogP contribution < -0.4 is 0 Å². The lowest BCUT2D eigenvalue weighted by atomic mass is 10.0. The van der Waals surface area contributed by atoms with Crippen molar-refractivity contribution in [1.29, 1.82) is 0 Å². The van der Waals surface area contributed by atoms with Gasteiger partial charge in [-0.1, -0.05) is 90.6 Å². The molecule has 124 valence electrons. The monoisotopic (exact) mass is 316 g/mol. The molecule has 0 aromatic rings. The van der Waals surface area contributed by atoms with E-state index in [1.165, 1.54) is 64.2 Å². The molecule has 0 spiro atoms. The molecule has 0 saturated heterocycles. The molecule has 3 heteroatoms. The molecule has 21 heavy (non-hydrogen) atoms. The summed E-state index contributed by atoms with van der Waals surface area (Å²) < 4.78 is 4.65. The first-order valence-electron chi connectivity index (χ1n) is 8.67. The molecule has 0 N–H and O–H groups in total. The minimum absolute atomic E-state index is 0.380. The molecule has 0 bridgehead atoms. The number of hydrogen-bond donors (Lipinski definition) is 0. The second-order valence-electron chi connectivity index (χ2n) is 5.75. The Hall–Kier alpha value is -0.500. The Morgan fingerprint density at radius 2 is 1.38 bits per heavy atom. The Kier molecular flexibility index (Phi) is 15.5. The van der Waals surface area contributed by atoms with Crippen molar-refractivity contribution < 1.29 is 9.53 Å². The van der Waals surface area contributed by atoms with Gasteiger partial charge in [0.1, 0.15) is 5.38 Å². The van der Waals surface area contributed by atoms with Gasteiger partial charge in [0.15, 0.2) is 0 Å². The van der Waals surface area contributed by atoms with Gasteiger partial charge in [0.25, 0.3) is 0 Å². The lowest BCUT2D eigenvalue weighted by Gasteiger charge is -2.06. The number of esters is 1. The summed E-state index contributed by atoms with van der Waals surface area (Å²) in [6, 6.07) is 0. The number of alkyl halides is 1. The van der Waals surface area contributed by atoms with Gasteiger partial charge in [-0.05, 0) is 6.42 Å². The first kappa shape index (κ1) is 20.5. The summed E-state index contributed by atoms with van der Waals surface area (Å²) in [5.74, 6) is -0.380. The zero-order valence-corrected chi connectivity index (χ0v) is 14.5. The van der Waals surface area contributed by atoms with Crippen LogP contribution in [0, 0.1) is 0 Å². The van der Waals surface area contributed by atoms with Crippen molar-refractivity contribution in [3.05, 3.63) is 12.8 Å². The van der Waals surface area contributed by atoms with Crippen LogP contribution in [0.2, 0.25) is 0 Å². The molecular formula is C18H33ClO2. The molecule has 1 atom stereocenters. The van der Waals surface area contributed by atoms with Crippen LogP contribution in [-0.2, 0) is 9.53 Å². The van der Waals surface area contributed by atoms with Crippen LogP contribution in [0.3, 0.4) is 0 Å². The second-order valence-corrected chi connectivity index (χ2v) is 6.28. The van der Waals surface area contributed by atoms with Crippen molar-refractivity contribution in [1.82, 2.24) is 0 Å². The molecule has 0 rings (SSSR count). The van der Waals surface area contributed by atoms with Gasteiger partial charge in [-0.2, -0.15) is 0 Å². The highest BCUT2D eigenvalue weighted by molar-refractivity contribution is 6.29. The average molecular weight is 317 g/mol. The summed E-state index contributed by atoms with van der Waals surface area (Å²) >= 11 is 5.92. The van der Waals surface area contributed by atoms with E-state index in [9.17, 15) is 4.79 Å². The first-order valence-corrected chi connectivity index (χ1v) is 9.11. The molecule has 0 radical (unpaired) electrons. The fourth-order valence-electron chi connectivity index (χ4n) is 2.44.